The second kappa shape index (κ2) is 6.93. The van der Waals surface area contributed by atoms with E-state index in [2.05, 4.69) is 22.9 Å². The molecule has 0 unspecified atom stereocenters. The highest BCUT2D eigenvalue weighted by atomic mass is 32.2. The minimum absolute atomic E-state index is 0.271. The Kier molecular flexibility index (Phi) is 5.24. The molecule has 1 aliphatic rings. The second-order valence-corrected chi connectivity index (χ2v) is 5.32. The van der Waals surface area contributed by atoms with E-state index in [9.17, 15) is 4.79 Å². The quantitative estimate of drug-likeness (QED) is 0.786. The maximum atomic E-state index is 11.7. The summed E-state index contributed by atoms with van der Waals surface area (Å²) in [5.41, 5.74) is 1.79. The van der Waals surface area contributed by atoms with E-state index in [1.807, 2.05) is 12.1 Å². The van der Waals surface area contributed by atoms with Crippen LogP contribution in [-0.4, -0.2) is 55.3 Å². The summed E-state index contributed by atoms with van der Waals surface area (Å²) in [4.78, 5) is 16.4. The number of benzene rings is 1. The molecule has 0 aromatic heterocycles. The molecule has 1 heterocycles. The fourth-order valence-electron chi connectivity index (χ4n) is 2.18. The van der Waals surface area contributed by atoms with Gasteiger partial charge in [0.1, 0.15) is 0 Å². The molecule has 0 N–H and O–H groups in total. The summed E-state index contributed by atoms with van der Waals surface area (Å²) in [7, 11) is 2.15. The van der Waals surface area contributed by atoms with Gasteiger partial charge in [0.2, 0.25) is 0 Å². The summed E-state index contributed by atoms with van der Waals surface area (Å²) in [6, 6.07) is 7.71. The number of hydrogen-bond acceptors (Lipinski definition) is 5. The number of carbonyl (C=O) groups excluding carboxylic acids is 1. The zero-order valence-corrected chi connectivity index (χ0v) is 12.3. The standard InChI is InChI=1S/C14H20N2O2S/c1-15-6-8-16(9-7-15)11-12-4-3-5-13(10-12)14(17)18-19-2/h3-5,10H,6-9,11H2,1-2H3. The van der Waals surface area contributed by atoms with E-state index in [0.29, 0.717) is 5.56 Å². The summed E-state index contributed by atoms with van der Waals surface area (Å²) in [5.74, 6) is -0.271. The minimum Gasteiger partial charge on any atom is -0.388 e. The van der Waals surface area contributed by atoms with Crippen LogP contribution >= 0.6 is 12.0 Å². The highest BCUT2D eigenvalue weighted by Gasteiger charge is 2.14. The molecular formula is C14H20N2O2S. The smallest absolute Gasteiger partial charge is 0.350 e. The van der Waals surface area contributed by atoms with Crippen LogP contribution in [0.5, 0.6) is 0 Å². The summed E-state index contributed by atoms with van der Waals surface area (Å²) in [5, 5.41) is 0. The minimum atomic E-state index is -0.271. The SMILES string of the molecule is CSOC(=O)c1cccc(CN2CCN(C)CC2)c1. The van der Waals surface area contributed by atoms with E-state index in [4.69, 9.17) is 4.18 Å². The van der Waals surface area contributed by atoms with Crippen molar-refractivity contribution in [3.63, 3.8) is 0 Å². The third-order valence-corrected chi connectivity index (χ3v) is 3.64. The molecule has 0 bridgehead atoms. The molecule has 1 aliphatic heterocycles. The van der Waals surface area contributed by atoms with E-state index in [1.54, 1.807) is 12.3 Å². The first-order valence-corrected chi connectivity index (χ1v) is 7.59. The van der Waals surface area contributed by atoms with Gasteiger partial charge in [-0.25, -0.2) is 4.79 Å². The van der Waals surface area contributed by atoms with Crippen LogP contribution in [-0.2, 0) is 10.7 Å². The topological polar surface area (TPSA) is 32.8 Å². The zero-order valence-electron chi connectivity index (χ0n) is 11.5. The second-order valence-electron chi connectivity index (χ2n) is 4.82. The molecule has 1 fully saturated rings. The van der Waals surface area contributed by atoms with Gasteiger partial charge in [0.15, 0.2) is 0 Å². The van der Waals surface area contributed by atoms with Crippen LogP contribution in [0.25, 0.3) is 0 Å². The van der Waals surface area contributed by atoms with Crippen molar-refractivity contribution in [2.24, 2.45) is 0 Å². The van der Waals surface area contributed by atoms with Crippen LogP contribution in [0.4, 0.5) is 0 Å². The van der Waals surface area contributed by atoms with Crippen molar-refractivity contribution in [1.82, 2.24) is 9.80 Å². The monoisotopic (exact) mass is 280 g/mol. The van der Waals surface area contributed by atoms with Gasteiger partial charge in [0.25, 0.3) is 0 Å². The predicted octanol–water partition coefficient (Wildman–Crippen LogP) is 1.87. The lowest BCUT2D eigenvalue weighted by Gasteiger charge is -2.32. The van der Waals surface area contributed by atoms with Crippen LogP contribution in [0.1, 0.15) is 15.9 Å². The highest BCUT2D eigenvalue weighted by molar-refractivity contribution is 7.94. The molecule has 1 aromatic rings. The number of hydrogen-bond donors (Lipinski definition) is 0. The molecule has 0 aliphatic carbocycles. The van der Waals surface area contributed by atoms with E-state index in [-0.39, 0.29) is 5.97 Å². The van der Waals surface area contributed by atoms with Gasteiger partial charge in [-0.05, 0) is 24.7 Å². The van der Waals surface area contributed by atoms with Crippen molar-refractivity contribution >= 4 is 18.0 Å². The Labute approximate surface area is 118 Å². The normalized spacial score (nSPS) is 17.4. The van der Waals surface area contributed by atoms with Gasteiger partial charge in [-0.2, -0.15) is 0 Å². The molecule has 0 saturated carbocycles. The number of likely N-dealkylation sites (N-methyl/N-ethyl adjacent to an activating group) is 1. The van der Waals surface area contributed by atoms with Gasteiger partial charge >= 0.3 is 5.97 Å². The molecule has 0 spiro atoms. The highest BCUT2D eigenvalue weighted by Crippen LogP contribution is 2.12. The van der Waals surface area contributed by atoms with Crippen molar-refractivity contribution in [3.05, 3.63) is 35.4 Å². The molecule has 2 rings (SSSR count). The third-order valence-electron chi connectivity index (χ3n) is 3.32. The Morgan fingerprint density at radius 1 is 1.32 bits per heavy atom. The van der Waals surface area contributed by atoms with Gasteiger partial charge in [0.05, 0.1) is 17.6 Å². The lowest BCUT2D eigenvalue weighted by atomic mass is 10.1. The van der Waals surface area contributed by atoms with Crippen LogP contribution < -0.4 is 0 Å². The molecule has 104 valence electrons. The summed E-state index contributed by atoms with van der Waals surface area (Å²) >= 11 is 1.08. The van der Waals surface area contributed by atoms with Crippen molar-refractivity contribution < 1.29 is 8.98 Å². The molecule has 19 heavy (non-hydrogen) atoms. The molecule has 0 atom stereocenters. The Bertz CT molecular complexity index is 431. The molecule has 1 aromatic carbocycles. The summed E-state index contributed by atoms with van der Waals surface area (Å²) in [6.45, 7) is 5.27. The van der Waals surface area contributed by atoms with Gasteiger partial charge in [-0.1, -0.05) is 12.1 Å². The van der Waals surface area contributed by atoms with Crippen LogP contribution in [0.2, 0.25) is 0 Å². The molecule has 0 radical (unpaired) electrons. The molecular weight excluding hydrogens is 260 g/mol. The summed E-state index contributed by atoms with van der Waals surface area (Å²) in [6.07, 6.45) is 1.74. The van der Waals surface area contributed by atoms with Crippen LogP contribution in [0, 0.1) is 0 Å². The first-order valence-electron chi connectivity index (χ1n) is 6.44. The Balaban J connectivity index is 1.97. The first-order chi connectivity index (χ1) is 9.19. The van der Waals surface area contributed by atoms with E-state index in [1.165, 1.54) is 5.56 Å². The first kappa shape index (κ1) is 14.4. The van der Waals surface area contributed by atoms with Gasteiger partial charge in [0, 0.05) is 39.0 Å². The Hall–Kier alpha value is -1.04. The largest absolute Gasteiger partial charge is 0.388 e. The van der Waals surface area contributed by atoms with Crippen LogP contribution in [0.15, 0.2) is 24.3 Å². The van der Waals surface area contributed by atoms with Gasteiger partial charge < -0.3 is 9.08 Å². The van der Waals surface area contributed by atoms with Gasteiger partial charge in [-0.15, -0.1) is 0 Å². The molecule has 0 amide bonds. The molecule has 1 saturated heterocycles. The maximum absolute atomic E-state index is 11.7. The molecule has 5 heteroatoms. The van der Waals surface area contributed by atoms with Crippen LogP contribution in [0.3, 0.4) is 0 Å². The number of carbonyl (C=O) groups is 1. The van der Waals surface area contributed by atoms with Gasteiger partial charge in [-0.3, -0.25) is 4.90 Å². The fourth-order valence-corrected chi connectivity index (χ4v) is 2.43. The number of rotatable bonds is 4. The van der Waals surface area contributed by atoms with Crippen molar-refractivity contribution in [2.45, 2.75) is 6.54 Å². The zero-order chi connectivity index (χ0) is 13.7. The van der Waals surface area contributed by atoms with E-state index >= 15 is 0 Å². The lowest BCUT2D eigenvalue weighted by Crippen LogP contribution is -2.43. The predicted molar refractivity (Wildman–Crippen MR) is 78.1 cm³/mol. The third kappa shape index (κ3) is 4.23. The maximum Gasteiger partial charge on any atom is 0.350 e. The van der Waals surface area contributed by atoms with E-state index in [0.717, 1.165) is 44.8 Å². The fraction of sp³-hybridized carbons (Fsp3) is 0.500. The Morgan fingerprint density at radius 3 is 2.74 bits per heavy atom. The average Bonchev–Trinajstić information content (AvgIpc) is 2.42. The van der Waals surface area contributed by atoms with Crippen molar-refractivity contribution in [2.75, 3.05) is 39.5 Å². The lowest BCUT2D eigenvalue weighted by molar-refractivity contribution is 0.0768. The van der Waals surface area contributed by atoms with Crippen molar-refractivity contribution in [1.29, 1.82) is 0 Å². The van der Waals surface area contributed by atoms with Crippen molar-refractivity contribution in [3.8, 4) is 0 Å². The summed E-state index contributed by atoms with van der Waals surface area (Å²) < 4.78 is 4.94. The molecule has 4 nitrogen and oxygen atoms in total. The number of piperazine rings is 1. The number of nitrogens with zero attached hydrogens (tertiary/aromatic N) is 2. The Morgan fingerprint density at radius 2 is 2.05 bits per heavy atom. The average molecular weight is 280 g/mol. The van der Waals surface area contributed by atoms with E-state index < -0.39 is 0 Å².